The molecule has 1 amide bonds. The largest absolute Gasteiger partial charge is 0.381 e. The van der Waals surface area contributed by atoms with Crippen molar-refractivity contribution in [2.24, 2.45) is 11.8 Å². The highest BCUT2D eigenvalue weighted by Gasteiger charge is 2.35. The van der Waals surface area contributed by atoms with Crippen LogP contribution in [-0.4, -0.2) is 50.3 Å². The summed E-state index contributed by atoms with van der Waals surface area (Å²) >= 11 is 0. The van der Waals surface area contributed by atoms with Crippen molar-refractivity contribution >= 4 is 17.2 Å². The zero-order valence-electron chi connectivity index (χ0n) is 14.3. The van der Waals surface area contributed by atoms with Gasteiger partial charge in [-0.3, -0.25) is 4.79 Å². The molecule has 0 spiro atoms. The SMILES string of the molecule is Cc1nn2cnnc2c(NCC2CCCN(C(=O)C3CC3)C2)c1C. The minimum atomic E-state index is 0.317. The highest BCUT2D eigenvalue weighted by molar-refractivity contribution is 5.81. The lowest BCUT2D eigenvalue weighted by Crippen LogP contribution is -2.42. The molecule has 3 heterocycles. The van der Waals surface area contributed by atoms with Crippen LogP contribution < -0.4 is 5.32 Å². The minimum Gasteiger partial charge on any atom is -0.381 e. The molecule has 1 atom stereocenters. The van der Waals surface area contributed by atoms with Crippen LogP contribution in [0, 0.1) is 25.7 Å². The van der Waals surface area contributed by atoms with Crippen LogP contribution >= 0.6 is 0 Å². The Balaban J connectivity index is 1.46. The molecule has 4 rings (SSSR count). The second-order valence-electron chi connectivity index (χ2n) is 7.13. The van der Waals surface area contributed by atoms with E-state index in [0.717, 1.165) is 67.9 Å². The number of aromatic nitrogens is 4. The lowest BCUT2D eigenvalue weighted by Gasteiger charge is -2.33. The number of rotatable bonds is 4. The maximum absolute atomic E-state index is 12.3. The van der Waals surface area contributed by atoms with Gasteiger partial charge in [0, 0.05) is 25.6 Å². The standard InChI is InChI=1S/C17H24N6O/c1-11-12(2)21-23-10-19-20-16(23)15(11)18-8-13-4-3-7-22(9-13)17(24)14-5-6-14/h10,13-14,18H,3-9H2,1-2H3. The van der Waals surface area contributed by atoms with Crippen LogP contribution in [0.4, 0.5) is 5.69 Å². The quantitative estimate of drug-likeness (QED) is 0.926. The topological polar surface area (TPSA) is 75.4 Å². The molecule has 7 nitrogen and oxygen atoms in total. The maximum atomic E-state index is 12.3. The summed E-state index contributed by atoms with van der Waals surface area (Å²) in [5.41, 5.74) is 3.85. The van der Waals surface area contributed by atoms with E-state index < -0.39 is 0 Å². The summed E-state index contributed by atoms with van der Waals surface area (Å²) in [5, 5.41) is 16.1. The molecule has 1 aliphatic heterocycles. The number of likely N-dealkylation sites (tertiary alicyclic amines) is 1. The van der Waals surface area contributed by atoms with Gasteiger partial charge in [0.15, 0.2) is 0 Å². The number of hydrogen-bond donors (Lipinski definition) is 1. The zero-order chi connectivity index (χ0) is 16.7. The molecule has 1 saturated heterocycles. The van der Waals surface area contributed by atoms with Gasteiger partial charge < -0.3 is 10.2 Å². The molecule has 1 unspecified atom stereocenters. The van der Waals surface area contributed by atoms with E-state index in [1.165, 1.54) is 0 Å². The Morgan fingerprint density at radius 1 is 1.33 bits per heavy atom. The molecule has 1 saturated carbocycles. The van der Waals surface area contributed by atoms with Gasteiger partial charge in [-0.05, 0) is 51.0 Å². The monoisotopic (exact) mass is 328 g/mol. The number of aryl methyl sites for hydroxylation is 1. The normalized spacial score (nSPS) is 21.2. The van der Waals surface area contributed by atoms with E-state index in [2.05, 4.69) is 32.4 Å². The van der Waals surface area contributed by atoms with E-state index in [1.54, 1.807) is 10.8 Å². The summed E-state index contributed by atoms with van der Waals surface area (Å²) in [5.74, 6) is 1.17. The lowest BCUT2D eigenvalue weighted by atomic mass is 9.97. The fourth-order valence-electron chi connectivity index (χ4n) is 3.53. The van der Waals surface area contributed by atoms with Crippen LogP contribution in [-0.2, 0) is 4.79 Å². The van der Waals surface area contributed by atoms with Crippen LogP contribution in [0.2, 0.25) is 0 Å². The molecule has 2 aliphatic rings. The van der Waals surface area contributed by atoms with Gasteiger partial charge in [-0.1, -0.05) is 0 Å². The first kappa shape index (κ1) is 15.4. The first-order chi connectivity index (χ1) is 11.6. The number of carbonyl (C=O) groups is 1. The summed E-state index contributed by atoms with van der Waals surface area (Å²) < 4.78 is 1.72. The van der Waals surface area contributed by atoms with Gasteiger partial charge in [0.1, 0.15) is 6.33 Å². The molecule has 1 aliphatic carbocycles. The predicted molar refractivity (Wildman–Crippen MR) is 90.8 cm³/mol. The molecule has 2 aromatic heterocycles. The number of amides is 1. The Morgan fingerprint density at radius 2 is 2.17 bits per heavy atom. The van der Waals surface area contributed by atoms with Crippen LogP contribution in [0.15, 0.2) is 6.33 Å². The molecule has 0 radical (unpaired) electrons. The number of piperidine rings is 1. The van der Waals surface area contributed by atoms with Crippen molar-refractivity contribution in [1.82, 2.24) is 24.7 Å². The Morgan fingerprint density at radius 3 is 2.96 bits per heavy atom. The highest BCUT2D eigenvalue weighted by atomic mass is 16.2. The van der Waals surface area contributed by atoms with Crippen LogP contribution in [0.5, 0.6) is 0 Å². The van der Waals surface area contributed by atoms with Crippen LogP contribution in [0.25, 0.3) is 5.65 Å². The number of carbonyl (C=O) groups excluding carboxylic acids is 1. The maximum Gasteiger partial charge on any atom is 0.225 e. The average Bonchev–Trinajstić information content (AvgIpc) is 3.34. The fraction of sp³-hybridized carbons (Fsp3) is 0.647. The molecule has 7 heteroatoms. The molecule has 24 heavy (non-hydrogen) atoms. The van der Waals surface area contributed by atoms with Crippen molar-refractivity contribution in [2.75, 3.05) is 25.0 Å². The number of anilines is 1. The lowest BCUT2D eigenvalue weighted by molar-refractivity contribution is -0.134. The molecule has 2 aromatic rings. The van der Waals surface area contributed by atoms with Crippen LogP contribution in [0.1, 0.15) is 36.9 Å². The molecule has 0 bridgehead atoms. The summed E-state index contributed by atoms with van der Waals surface area (Å²) in [6.07, 6.45) is 6.05. The Labute approximate surface area is 141 Å². The summed E-state index contributed by atoms with van der Waals surface area (Å²) in [6, 6.07) is 0. The van der Waals surface area contributed by atoms with Gasteiger partial charge in [0.2, 0.25) is 11.6 Å². The second kappa shape index (κ2) is 6.03. The second-order valence-corrected chi connectivity index (χ2v) is 7.13. The third-order valence-corrected chi connectivity index (χ3v) is 5.25. The molecule has 2 fully saturated rings. The smallest absolute Gasteiger partial charge is 0.225 e. The van der Waals surface area contributed by atoms with Gasteiger partial charge in [-0.2, -0.15) is 9.61 Å². The Bertz CT molecular complexity index is 766. The van der Waals surface area contributed by atoms with Gasteiger partial charge >= 0.3 is 0 Å². The average molecular weight is 328 g/mol. The zero-order valence-corrected chi connectivity index (χ0v) is 14.3. The van der Waals surface area contributed by atoms with Crippen molar-refractivity contribution in [2.45, 2.75) is 39.5 Å². The van der Waals surface area contributed by atoms with Gasteiger partial charge in [0.05, 0.1) is 11.4 Å². The van der Waals surface area contributed by atoms with E-state index in [9.17, 15) is 4.79 Å². The third kappa shape index (κ3) is 2.83. The van der Waals surface area contributed by atoms with E-state index in [4.69, 9.17) is 0 Å². The van der Waals surface area contributed by atoms with Gasteiger partial charge in [-0.25, -0.2) is 0 Å². The van der Waals surface area contributed by atoms with Crippen molar-refractivity contribution in [3.63, 3.8) is 0 Å². The fourth-order valence-corrected chi connectivity index (χ4v) is 3.53. The summed E-state index contributed by atoms with van der Waals surface area (Å²) in [6.45, 7) is 6.70. The Hall–Kier alpha value is -2.18. The first-order valence-corrected chi connectivity index (χ1v) is 8.83. The van der Waals surface area contributed by atoms with E-state index in [-0.39, 0.29) is 0 Å². The van der Waals surface area contributed by atoms with Gasteiger partial charge in [0.25, 0.3) is 0 Å². The first-order valence-electron chi connectivity index (χ1n) is 8.83. The van der Waals surface area contributed by atoms with Crippen molar-refractivity contribution in [1.29, 1.82) is 0 Å². The van der Waals surface area contributed by atoms with Crippen molar-refractivity contribution in [3.8, 4) is 0 Å². The number of nitrogens with zero attached hydrogens (tertiary/aromatic N) is 5. The summed E-state index contributed by atoms with van der Waals surface area (Å²) in [4.78, 5) is 14.4. The predicted octanol–water partition coefficient (Wildman–Crippen LogP) is 1.80. The van der Waals surface area contributed by atoms with E-state index in [1.807, 2.05) is 6.92 Å². The van der Waals surface area contributed by atoms with E-state index >= 15 is 0 Å². The van der Waals surface area contributed by atoms with E-state index in [0.29, 0.717) is 17.7 Å². The third-order valence-electron chi connectivity index (χ3n) is 5.25. The molecule has 1 N–H and O–H groups in total. The highest BCUT2D eigenvalue weighted by Crippen LogP contribution is 2.32. The molecular formula is C17H24N6O. The molecular weight excluding hydrogens is 304 g/mol. The van der Waals surface area contributed by atoms with Gasteiger partial charge in [-0.15, -0.1) is 10.2 Å². The minimum absolute atomic E-state index is 0.317. The molecule has 128 valence electrons. The van der Waals surface area contributed by atoms with Crippen LogP contribution in [0.3, 0.4) is 0 Å². The number of nitrogens with one attached hydrogen (secondary N) is 1. The number of hydrogen-bond acceptors (Lipinski definition) is 5. The van der Waals surface area contributed by atoms with Crippen molar-refractivity contribution in [3.05, 3.63) is 17.6 Å². The number of fused-ring (bicyclic) bond motifs is 1. The Kier molecular flexibility index (Phi) is 3.86. The van der Waals surface area contributed by atoms with Crippen molar-refractivity contribution < 1.29 is 4.79 Å². The summed E-state index contributed by atoms with van der Waals surface area (Å²) in [7, 11) is 0. The molecule has 0 aromatic carbocycles.